The molecule has 16 heteroatoms. The van der Waals surface area contributed by atoms with Gasteiger partial charge >= 0.3 is 0 Å². The smallest absolute Gasteiger partial charge is 0.243 e. The molecule has 5 amide bonds. The first-order valence-corrected chi connectivity index (χ1v) is 13.4. The first kappa shape index (κ1) is 38.9. The van der Waals surface area contributed by atoms with Crippen LogP contribution in [0.3, 0.4) is 0 Å². The number of carbonyl (C=O) groups excluding carboxylic acids is 5. The molecule has 0 aromatic heterocycles. The van der Waals surface area contributed by atoms with Crippen LogP contribution in [0.2, 0.25) is 0 Å². The normalized spacial score (nSPS) is 13.0. The maximum atomic E-state index is 12.8. The molecule has 0 saturated heterocycles. The molecule has 8 N–H and O–H groups in total. The zero-order valence-corrected chi connectivity index (χ0v) is 26.6. The molecule has 0 aliphatic heterocycles. The van der Waals surface area contributed by atoms with Crippen molar-refractivity contribution in [3.63, 3.8) is 0 Å². The molecule has 1 radical (unpaired) electrons. The molecule has 4 atom stereocenters. The Morgan fingerprint density at radius 2 is 1.29 bits per heavy atom. The van der Waals surface area contributed by atoms with Crippen molar-refractivity contribution in [3.05, 3.63) is 65.7 Å². The molecule has 0 unspecified atom stereocenters. The summed E-state index contributed by atoms with van der Waals surface area (Å²) in [7, 11) is 0. The van der Waals surface area contributed by atoms with E-state index in [9.17, 15) is 29.1 Å². The van der Waals surface area contributed by atoms with Crippen molar-refractivity contribution >= 4 is 54.8 Å². The van der Waals surface area contributed by atoms with Crippen molar-refractivity contribution < 1.29 is 55.0 Å². The summed E-state index contributed by atoms with van der Waals surface area (Å²) in [5.41, 5.74) is 12.6. The van der Waals surface area contributed by atoms with Crippen LogP contribution in [0.1, 0.15) is 11.1 Å². The van der Waals surface area contributed by atoms with Gasteiger partial charge in [0.1, 0.15) is 6.04 Å². The van der Waals surface area contributed by atoms with Gasteiger partial charge in [0.05, 0.1) is 24.7 Å². The van der Waals surface area contributed by atoms with E-state index < -0.39 is 60.2 Å². The molecule has 0 heterocycles. The van der Waals surface area contributed by atoms with Crippen molar-refractivity contribution in [2.24, 2.45) is 11.5 Å². The molecule has 2 aromatic carbocycles. The van der Waals surface area contributed by atoms with Crippen LogP contribution in [-0.2, 0) is 88.0 Å². The van der Waals surface area contributed by atoms with Crippen LogP contribution < -0.4 is 37.8 Å². The maximum absolute atomic E-state index is 12.8. The summed E-state index contributed by atoms with van der Waals surface area (Å²) in [6.07, 6.45) is 0.225. The van der Waals surface area contributed by atoms with E-state index in [-0.39, 0.29) is 56.0 Å². The third kappa shape index (κ3) is 13.2. The zero-order valence-electron chi connectivity index (χ0n) is 22.2. The van der Waals surface area contributed by atoms with Crippen LogP contribution in [0.4, 0.5) is 0 Å². The molecule has 2 aromatic rings. The van der Waals surface area contributed by atoms with Crippen LogP contribution in [-0.4, -0.2) is 71.8 Å². The molecule has 231 valence electrons. The molecule has 0 bridgehead atoms. The third-order valence-electron chi connectivity index (χ3n) is 5.70. The first-order chi connectivity index (χ1) is 19.0. The van der Waals surface area contributed by atoms with Crippen molar-refractivity contribution in [3.8, 4) is 5.75 Å². The van der Waals surface area contributed by atoms with Crippen molar-refractivity contribution in [2.45, 2.75) is 37.0 Å². The van der Waals surface area contributed by atoms with Gasteiger partial charge in [0.2, 0.25) is 29.5 Å². The van der Waals surface area contributed by atoms with E-state index in [1.54, 1.807) is 42.5 Å². The number of carbonyl (C=O) groups is 5. The number of hydrogen-bond acceptors (Lipinski definition) is 9. The quantitative estimate of drug-likeness (QED) is 0.100. The Morgan fingerprint density at radius 1 is 0.738 bits per heavy atom. The van der Waals surface area contributed by atoms with Crippen molar-refractivity contribution in [1.82, 2.24) is 21.3 Å². The second kappa shape index (κ2) is 19.9. The van der Waals surface area contributed by atoms with Gasteiger partial charge in [-0.1, -0.05) is 54.6 Å². The molecular formula is C26H31N6O7ReS2-5. The Bertz CT molecular complexity index is 1180. The Morgan fingerprint density at radius 3 is 1.83 bits per heavy atom. The number of nitrogens with one attached hydrogen (secondary N) is 4. The topological polar surface area (TPSA) is 237 Å². The molecule has 0 saturated carbocycles. The van der Waals surface area contributed by atoms with E-state index in [4.69, 9.17) is 36.7 Å². The summed E-state index contributed by atoms with van der Waals surface area (Å²) >= 11 is 9.83. The Kier molecular flexibility index (Phi) is 18.4. The van der Waals surface area contributed by atoms with E-state index in [1.807, 2.05) is 0 Å². The van der Waals surface area contributed by atoms with Crippen LogP contribution in [0, 0.1) is 0 Å². The van der Waals surface area contributed by atoms with Gasteiger partial charge in [-0.2, -0.15) is 0 Å². The van der Waals surface area contributed by atoms with E-state index in [2.05, 4.69) is 21.3 Å². The summed E-state index contributed by atoms with van der Waals surface area (Å²) in [4.78, 5) is 62.1. The van der Waals surface area contributed by atoms with Crippen LogP contribution >= 0.6 is 0 Å². The Balaban J connectivity index is 0.00000840. The van der Waals surface area contributed by atoms with Crippen LogP contribution in [0.5, 0.6) is 5.75 Å². The van der Waals surface area contributed by atoms with Gasteiger partial charge in [0.25, 0.3) is 0 Å². The predicted molar refractivity (Wildman–Crippen MR) is 151 cm³/mol. The van der Waals surface area contributed by atoms with Crippen LogP contribution in [0.15, 0.2) is 54.6 Å². The number of primary amides is 1. The molecule has 0 spiro atoms. The molecule has 13 nitrogen and oxygen atoms in total. The number of rotatable bonds is 15. The monoisotopic (exact) mass is 790 g/mol. The molecule has 2 rings (SSSR count). The molecule has 0 aliphatic rings. The second-order valence-corrected chi connectivity index (χ2v) is 9.51. The average Bonchev–Trinajstić information content (AvgIpc) is 2.94. The number of nitrogens with two attached hydrogens (primary N) is 2. The van der Waals surface area contributed by atoms with Crippen molar-refractivity contribution in [1.29, 1.82) is 0 Å². The number of hydrogen-bond donors (Lipinski definition) is 6. The first-order valence-electron chi connectivity index (χ1n) is 12.2. The minimum absolute atomic E-state index is 0. The number of amides is 5. The second-order valence-electron chi connectivity index (χ2n) is 8.84. The zero-order chi connectivity index (χ0) is 29.7. The fourth-order valence-corrected chi connectivity index (χ4v) is 3.98. The fourth-order valence-electron chi connectivity index (χ4n) is 3.50. The average molecular weight is 790 g/mol. The van der Waals surface area contributed by atoms with Crippen LogP contribution in [0.25, 0.3) is 0 Å². The molecule has 0 aliphatic carbocycles. The van der Waals surface area contributed by atoms with Gasteiger partial charge < -0.3 is 68.6 Å². The van der Waals surface area contributed by atoms with Gasteiger partial charge in [0.15, 0.2) is 0 Å². The summed E-state index contributed by atoms with van der Waals surface area (Å²) in [6, 6.07) is 10.3. The number of benzene rings is 2. The minimum Gasteiger partial charge on any atom is -2.00 e. The molecular weight excluding hydrogens is 759 g/mol. The Hall–Kier alpha value is -3.13. The van der Waals surface area contributed by atoms with Crippen molar-refractivity contribution in [2.75, 3.05) is 18.1 Å². The largest absolute Gasteiger partial charge is 2.00 e. The van der Waals surface area contributed by atoms with Gasteiger partial charge in [0, 0.05) is 26.8 Å². The standard InChI is InChI=1S/C26H34N6O6S2.O.Re/c27-18(10-16-6-8-17(33)9-7-16)24(36)32-21(14-40)25(37)29-12-22(34)30-19(11-15-4-2-1-3-5-15)26(38)31-20(13-39)23(28)35;;/h1-9,18-21,33,39-40H,10-14,27H2,(H2,28,35)(H,29,37)(H,30,34)(H,31,38)(H,32,36);;/q;-2;/p-3/t18-,19-,20-,21-;;/m0../s1. The summed E-state index contributed by atoms with van der Waals surface area (Å²) in [6.45, 7) is -0.521. The summed E-state index contributed by atoms with van der Waals surface area (Å²) in [5, 5.41) is 21.0. The SMILES string of the molecule is NC(=O)[C@H](C[S-])NC(=O)[C@H](Cc1ccccc1)NC(=O)CNC(=O)[C@H](C[S-])NC(=O)[C@@H](N)Cc1ccc([O-])cc1.[O-2].[Re]. The van der Waals surface area contributed by atoms with Gasteiger partial charge in [-0.15, -0.1) is 17.3 Å². The van der Waals surface area contributed by atoms with E-state index in [1.165, 1.54) is 12.1 Å². The minimum atomic E-state index is -1.14. The maximum Gasteiger partial charge on any atom is 0.243 e. The van der Waals surface area contributed by atoms with Gasteiger partial charge in [-0.25, -0.2) is 0 Å². The summed E-state index contributed by atoms with van der Waals surface area (Å²) < 4.78 is 0. The van der Waals surface area contributed by atoms with E-state index in [0.717, 1.165) is 5.56 Å². The molecule has 42 heavy (non-hydrogen) atoms. The fraction of sp³-hybridized carbons (Fsp3) is 0.346. The van der Waals surface area contributed by atoms with E-state index >= 15 is 0 Å². The summed E-state index contributed by atoms with van der Waals surface area (Å²) in [5.74, 6) is -4.04. The molecule has 0 fully saturated rings. The predicted octanol–water partition coefficient (Wildman–Crippen LogP) is -3.10. The van der Waals surface area contributed by atoms with Gasteiger partial charge in [-0.3, -0.25) is 24.0 Å². The third-order valence-corrected chi connectivity index (χ3v) is 6.37. The Labute approximate surface area is 268 Å². The van der Waals surface area contributed by atoms with E-state index in [0.29, 0.717) is 5.56 Å². The van der Waals surface area contributed by atoms with Gasteiger partial charge in [-0.05, 0) is 17.5 Å².